The third kappa shape index (κ3) is 5.65. The molecule has 1 aromatic heterocycles. The van der Waals surface area contributed by atoms with E-state index in [0.29, 0.717) is 42.1 Å². The van der Waals surface area contributed by atoms with Crippen molar-refractivity contribution in [2.45, 2.75) is 52.6 Å². The molecule has 1 aromatic carbocycles. The quantitative estimate of drug-likeness (QED) is 0.451. The summed E-state index contributed by atoms with van der Waals surface area (Å²) in [6.45, 7) is 6.13. The zero-order valence-electron chi connectivity index (χ0n) is 17.1. The zero-order chi connectivity index (χ0) is 21.4. The molecule has 0 saturated heterocycles. The number of H-pyrrole nitrogens is 1. The number of aliphatic hydroxyl groups excluding tert-OH is 1. The summed E-state index contributed by atoms with van der Waals surface area (Å²) in [6.07, 6.45) is 2.08. The summed E-state index contributed by atoms with van der Waals surface area (Å²) in [5.41, 5.74) is 2.69. The molecule has 0 saturated carbocycles. The second-order valence-corrected chi connectivity index (χ2v) is 6.68. The number of benzene rings is 1. The number of carboxylic acids is 1. The molecule has 4 N–H and O–H groups in total. The van der Waals surface area contributed by atoms with Crippen LogP contribution in [0, 0.1) is 0 Å². The molecule has 0 aliphatic rings. The number of ether oxygens (including phenoxy) is 1. The number of rotatable bonds is 11. The van der Waals surface area contributed by atoms with E-state index in [1.54, 1.807) is 6.07 Å². The molecule has 0 fully saturated rings. The maximum absolute atomic E-state index is 12.5. The van der Waals surface area contributed by atoms with Crippen molar-refractivity contribution in [1.29, 1.82) is 0 Å². The van der Waals surface area contributed by atoms with Crippen molar-refractivity contribution in [3.05, 3.63) is 45.4 Å². The molecule has 2 rings (SSSR count). The normalized spacial score (nSPS) is 12.0. The molecule has 1 atom stereocenters. The van der Waals surface area contributed by atoms with Crippen molar-refractivity contribution in [2.24, 2.45) is 0 Å². The van der Waals surface area contributed by atoms with Gasteiger partial charge in [-0.1, -0.05) is 26.8 Å². The Morgan fingerprint density at radius 3 is 2.62 bits per heavy atom. The highest BCUT2D eigenvalue weighted by molar-refractivity contribution is 5.73. The van der Waals surface area contributed by atoms with Crippen molar-refractivity contribution in [2.75, 3.05) is 13.2 Å². The van der Waals surface area contributed by atoms with Crippen LogP contribution in [0.25, 0.3) is 11.4 Å². The number of nitrogens with zero attached hydrogens (tertiary/aromatic N) is 1. The predicted octanol–water partition coefficient (Wildman–Crippen LogP) is 1.89. The number of carboxylic acid groups (broad SMARTS) is 1. The fourth-order valence-corrected chi connectivity index (χ4v) is 3.01. The fourth-order valence-electron chi connectivity index (χ4n) is 3.01. The van der Waals surface area contributed by atoms with Gasteiger partial charge in [-0.15, -0.1) is 0 Å². The second-order valence-electron chi connectivity index (χ2n) is 6.68. The fraction of sp³-hybridized carbons (Fsp3) is 0.476. The van der Waals surface area contributed by atoms with E-state index in [1.165, 1.54) is 0 Å². The first-order valence-electron chi connectivity index (χ1n) is 9.90. The predicted molar refractivity (Wildman–Crippen MR) is 110 cm³/mol. The van der Waals surface area contributed by atoms with Gasteiger partial charge in [-0.2, -0.15) is 0 Å². The van der Waals surface area contributed by atoms with E-state index in [2.05, 4.69) is 15.3 Å². The van der Waals surface area contributed by atoms with Crippen molar-refractivity contribution in [3.63, 3.8) is 0 Å². The summed E-state index contributed by atoms with van der Waals surface area (Å²) in [4.78, 5) is 31.1. The number of hydrogen-bond acceptors (Lipinski definition) is 6. The monoisotopic (exact) mass is 403 g/mol. The van der Waals surface area contributed by atoms with Gasteiger partial charge in [-0.05, 0) is 37.0 Å². The Balaban J connectivity index is 2.45. The number of aliphatic hydroxyl groups is 1. The van der Waals surface area contributed by atoms with E-state index in [4.69, 9.17) is 9.84 Å². The molecule has 158 valence electrons. The van der Waals surface area contributed by atoms with Gasteiger partial charge in [0.2, 0.25) is 0 Å². The summed E-state index contributed by atoms with van der Waals surface area (Å²) in [5.74, 6) is -0.0969. The average Bonchev–Trinajstić information content (AvgIpc) is 2.72. The van der Waals surface area contributed by atoms with E-state index in [0.717, 1.165) is 17.7 Å². The SMILES string of the molecule is CCCOc1ccc(CNC(CO)C(=O)O)cc1-c1nc(CC)c(CC)c(=O)[nH]1. The summed E-state index contributed by atoms with van der Waals surface area (Å²) < 4.78 is 5.83. The Labute approximate surface area is 170 Å². The number of hydrogen-bond donors (Lipinski definition) is 4. The van der Waals surface area contributed by atoms with Crippen LogP contribution >= 0.6 is 0 Å². The highest BCUT2D eigenvalue weighted by Crippen LogP contribution is 2.29. The minimum atomic E-state index is -1.12. The van der Waals surface area contributed by atoms with E-state index >= 15 is 0 Å². The van der Waals surface area contributed by atoms with Gasteiger partial charge in [0.1, 0.15) is 17.6 Å². The number of aryl methyl sites for hydroxylation is 1. The third-order valence-corrected chi connectivity index (χ3v) is 4.58. The van der Waals surface area contributed by atoms with E-state index < -0.39 is 18.6 Å². The summed E-state index contributed by atoms with van der Waals surface area (Å²) >= 11 is 0. The summed E-state index contributed by atoms with van der Waals surface area (Å²) in [5, 5.41) is 21.0. The minimum Gasteiger partial charge on any atom is -0.493 e. The van der Waals surface area contributed by atoms with Gasteiger partial charge in [0.05, 0.1) is 24.5 Å². The molecule has 29 heavy (non-hydrogen) atoms. The molecule has 0 amide bonds. The topological polar surface area (TPSA) is 125 Å². The van der Waals surface area contributed by atoms with Gasteiger partial charge in [0.25, 0.3) is 5.56 Å². The van der Waals surface area contributed by atoms with Crippen LogP contribution in [0.15, 0.2) is 23.0 Å². The van der Waals surface area contributed by atoms with Crippen LogP contribution in [0.4, 0.5) is 0 Å². The van der Waals surface area contributed by atoms with Gasteiger partial charge in [-0.3, -0.25) is 14.9 Å². The van der Waals surface area contributed by atoms with E-state index in [-0.39, 0.29) is 12.1 Å². The number of aromatic amines is 1. The molecule has 0 aliphatic heterocycles. The zero-order valence-corrected chi connectivity index (χ0v) is 17.1. The smallest absolute Gasteiger partial charge is 0.323 e. The molecular formula is C21H29N3O5. The Bertz CT molecular complexity index is 894. The van der Waals surface area contributed by atoms with Crippen LogP contribution in [0.3, 0.4) is 0 Å². The van der Waals surface area contributed by atoms with Crippen LogP contribution in [-0.4, -0.2) is 45.4 Å². The van der Waals surface area contributed by atoms with Crippen molar-refractivity contribution < 1.29 is 19.7 Å². The Kier molecular flexibility index (Phi) is 8.35. The molecule has 1 heterocycles. The van der Waals surface area contributed by atoms with Crippen LogP contribution in [-0.2, 0) is 24.2 Å². The molecular weight excluding hydrogens is 374 g/mol. The molecule has 0 bridgehead atoms. The Hall–Kier alpha value is -2.71. The lowest BCUT2D eigenvalue weighted by molar-refractivity contribution is -0.140. The Morgan fingerprint density at radius 2 is 2.03 bits per heavy atom. The molecule has 0 radical (unpaired) electrons. The maximum atomic E-state index is 12.5. The molecule has 8 heteroatoms. The average molecular weight is 403 g/mol. The van der Waals surface area contributed by atoms with Gasteiger partial charge < -0.3 is 19.9 Å². The number of carbonyl (C=O) groups is 1. The van der Waals surface area contributed by atoms with Crippen LogP contribution in [0.1, 0.15) is 44.0 Å². The van der Waals surface area contributed by atoms with Gasteiger partial charge in [0.15, 0.2) is 0 Å². The maximum Gasteiger partial charge on any atom is 0.323 e. The van der Waals surface area contributed by atoms with Crippen molar-refractivity contribution >= 4 is 5.97 Å². The summed E-state index contributed by atoms with van der Waals surface area (Å²) in [6, 6.07) is 4.37. The van der Waals surface area contributed by atoms with Crippen LogP contribution in [0.2, 0.25) is 0 Å². The standard InChI is InChI=1S/C21H29N3O5/c1-4-9-29-18-8-7-13(11-22-17(12-25)21(27)28)10-15(18)19-23-16(6-3)14(5-2)20(26)24-19/h7-8,10,17,22,25H,4-6,9,11-12H2,1-3H3,(H,27,28)(H,23,24,26). The molecule has 2 aromatic rings. The van der Waals surface area contributed by atoms with E-state index in [9.17, 15) is 14.7 Å². The molecule has 0 aliphatic carbocycles. The molecule has 8 nitrogen and oxygen atoms in total. The highest BCUT2D eigenvalue weighted by Gasteiger charge is 2.17. The van der Waals surface area contributed by atoms with E-state index in [1.807, 2.05) is 32.9 Å². The summed E-state index contributed by atoms with van der Waals surface area (Å²) in [7, 11) is 0. The lowest BCUT2D eigenvalue weighted by Crippen LogP contribution is -2.39. The number of aromatic nitrogens is 2. The Morgan fingerprint density at radius 1 is 1.28 bits per heavy atom. The molecule has 1 unspecified atom stereocenters. The minimum absolute atomic E-state index is 0.162. The third-order valence-electron chi connectivity index (χ3n) is 4.58. The van der Waals surface area contributed by atoms with Crippen LogP contribution in [0.5, 0.6) is 5.75 Å². The van der Waals surface area contributed by atoms with Crippen molar-refractivity contribution in [1.82, 2.24) is 15.3 Å². The lowest BCUT2D eigenvalue weighted by Gasteiger charge is -2.15. The number of nitrogens with one attached hydrogen (secondary N) is 2. The van der Waals surface area contributed by atoms with Gasteiger partial charge >= 0.3 is 5.97 Å². The number of aliphatic carboxylic acids is 1. The van der Waals surface area contributed by atoms with Crippen molar-refractivity contribution in [3.8, 4) is 17.1 Å². The first kappa shape index (κ1) is 22.6. The largest absolute Gasteiger partial charge is 0.493 e. The highest BCUT2D eigenvalue weighted by atomic mass is 16.5. The first-order chi connectivity index (χ1) is 13.9. The lowest BCUT2D eigenvalue weighted by atomic mass is 10.1. The molecule has 0 spiro atoms. The second kappa shape index (κ2) is 10.7. The van der Waals surface area contributed by atoms with Crippen LogP contribution < -0.4 is 15.6 Å². The first-order valence-corrected chi connectivity index (χ1v) is 9.90. The van der Waals surface area contributed by atoms with Gasteiger partial charge in [-0.25, -0.2) is 4.98 Å². The van der Waals surface area contributed by atoms with Gasteiger partial charge in [0, 0.05) is 12.1 Å².